The van der Waals surface area contributed by atoms with Crippen molar-refractivity contribution in [3.8, 4) is 0 Å². The van der Waals surface area contributed by atoms with Crippen molar-refractivity contribution in [3.63, 3.8) is 0 Å². The summed E-state index contributed by atoms with van der Waals surface area (Å²) in [5.41, 5.74) is 1.19. The molecule has 0 spiro atoms. The van der Waals surface area contributed by atoms with E-state index >= 15 is 0 Å². The van der Waals surface area contributed by atoms with Crippen LogP contribution in [0.2, 0.25) is 0 Å². The molecule has 1 aromatic heterocycles. The van der Waals surface area contributed by atoms with Gasteiger partial charge in [0.25, 0.3) is 10.0 Å². The molecule has 0 aliphatic heterocycles. The number of sulfonamides is 1. The Morgan fingerprint density at radius 2 is 1.59 bits per heavy atom. The van der Waals surface area contributed by atoms with Crippen molar-refractivity contribution in [1.82, 2.24) is 0 Å². The first-order chi connectivity index (χ1) is 13.9. The van der Waals surface area contributed by atoms with Gasteiger partial charge in [0, 0.05) is 0 Å². The lowest BCUT2D eigenvalue weighted by Crippen LogP contribution is -2.38. The van der Waals surface area contributed by atoms with E-state index in [1.165, 1.54) is 30.3 Å². The van der Waals surface area contributed by atoms with Gasteiger partial charge < -0.3 is 4.42 Å². The topological polar surface area (TPSA) is 84.7 Å². The van der Waals surface area contributed by atoms with Crippen LogP contribution in [-0.4, -0.2) is 14.3 Å². The highest BCUT2D eigenvalue weighted by molar-refractivity contribution is 7.93. The van der Waals surface area contributed by atoms with Gasteiger partial charge in [0.2, 0.25) is 5.91 Å². The second-order valence-electron chi connectivity index (χ2n) is 6.22. The molecule has 0 radical (unpaired) electrons. The monoisotopic (exact) mass is 425 g/mol. The molecule has 1 amide bonds. The average molecular weight is 425 g/mol. The molecule has 0 saturated heterocycles. The molecule has 0 atom stereocenters. The quantitative estimate of drug-likeness (QED) is 0.485. The minimum absolute atomic E-state index is 0.00175. The minimum atomic E-state index is -4.16. The average Bonchev–Trinajstić information content (AvgIpc) is 3.09. The summed E-state index contributed by atoms with van der Waals surface area (Å²) in [7, 11) is -4.16. The van der Waals surface area contributed by atoms with E-state index in [4.69, 9.17) is 4.42 Å². The van der Waals surface area contributed by atoms with Crippen LogP contribution in [0, 0.1) is 0 Å². The standard InChI is InChI=1S/C21H15NO5S2/c23-20(13-15-7-3-1-4-8-15)22(29(25,26)17-9-5-2-6-10-17)16-11-12-18-19(14-16)28-21(24)27-18/h1-12,14H,13H2. The number of rotatable bonds is 5. The van der Waals surface area contributed by atoms with E-state index in [9.17, 15) is 18.0 Å². The summed E-state index contributed by atoms with van der Waals surface area (Å²) in [6.07, 6.45) is -0.0907. The van der Waals surface area contributed by atoms with E-state index in [2.05, 4.69) is 0 Å². The van der Waals surface area contributed by atoms with Crippen LogP contribution in [0.3, 0.4) is 0 Å². The summed E-state index contributed by atoms with van der Waals surface area (Å²) in [5.74, 6) is -0.602. The second-order valence-corrected chi connectivity index (χ2v) is 8.99. The van der Waals surface area contributed by atoms with Crippen molar-refractivity contribution in [3.05, 3.63) is 94.2 Å². The minimum Gasteiger partial charge on any atom is -0.414 e. The van der Waals surface area contributed by atoms with E-state index in [0.717, 1.165) is 15.6 Å². The Morgan fingerprint density at radius 3 is 2.28 bits per heavy atom. The molecular formula is C21H15NO5S2. The van der Waals surface area contributed by atoms with E-state index in [0.29, 0.717) is 15.8 Å². The third kappa shape index (κ3) is 3.85. The highest BCUT2D eigenvalue weighted by Crippen LogP contribution is 2.29. The first-order valence-electron chi connectivity index (χ1n) is 8.66. The van der Waals surface area contributed by atoms with Gasteiger partial charge in [-0.3, -0.25) is 4.79 Å². The summed E-state index contributed by atoms with van der Waals surface area (Å²) in [6.45, 7) is 0. The maximum Gasteiger partial charge on any atom is 0.396 e. The van der Waals surface area contributed by atoms with Crippen LogP contribution >= 0.6 is 11.3 Å². The van der Waals surface area contributed by atoms with E-state index in [1.54, 1.807) is 42.5 Å². The highest BCUT2D eigenvalue weighted by Gasteiger charge is 2.31. The number of benzene rings is 3. The lowest BCUT2D eigenvalue weighted by Gasteiger charge is -2.23. The molecule has 146 valence electrons. The van der Waals surface area contributed by atoms with Crippen molar-refractivity contribution in [2.75, 3.05) is 4.31 Å². The lowest BCUT2D eigenvalue weighted by molar-refractivity contribution is -0.116. The van der Waals surface area contributed by atoms with Gasteiger partial charge in [-0.2, -0.15) is 0 Å². The van der Waals surface area contributed by atoms with Crippen LogP contribution < -0.4 is 9.24 Å². The van der Waals surface area contributed by atoms with Crippen LogP contribution in [-0.2, 0) is 21.2 Å². The summed E-state index contributed by atoms with van der Waals surface area (Å²) < 4.78 is 33.0. The molecule has 0 unspecified atom stereocenters. The molecule has 0 N–H and O–H groups in total. The van der Waals surface area contributed by atoms with E-state index in [-0.39, 0.29) is 17.0 Å². The molecule has 0 bridgehead atoms. The number of carbonyl (C=O) groups excluding carboxylic acids is 1. The molecule has 0 aliphatic carbocycles. The normalized spacial score (nSPS) is 11.4. The van der Waals surface area contributed by atoms with Crippen LogP contribution in [0.4, 0.5) is 5.69 Å². The molecule has 3 aromatic carbocycles. The number of hydrogen-bond acceptors (Lipinski definition) is 6. The zero-order chi connectivity index (χ0) is 20.4. The van der Waals surface area contributed by atoms with Gasteiger partial charge in [-0.25, -0.2) is 17.5 Å². The predicted molar refractivity (Wildman–Crippen MR) is 112 cm³/mol. The number of hydrogen-bond donors (Lipinski definition) is 0. The zero-order valence-electron chi connectivity index (χ0n) is 15.0. The lowest BCUT2D eigenvalue weighted by atomic mass is 10.1. The fourth-order valence-electron chi connectivity index (χ4n) is 2.94. The van der Waals surface area contributed by atoms with Crippen molar-refractivity contribution in [1.29, 1.82) is 0 Å². The second kappa shape index (κ2) is 7.65. The maximum absolute atomic E-state index is 13.3. The molecule has 0 saturated carbocycles. The van der Waals surface area contributed by atoms with Crippen LogP contribution in [0.25, 0.3) is 10.3 Å². The summed E-state index contributed by atoms with van der Waals surface area (Å²) in [5, 5.41) is 0. The van der Waals surface area contributed by atoms with Gasteiger partial charge in [0.1, 0.15) is 5.58 Å². The summed E-state index contributed by atoms with van der Waals surface area (Å²) in [6, 6.07) is 21.1. The highest BCUT2D eigenvalue weighted by atomic mass is 32.2. The van der Waals surface area contributed by atoms with Gasteiger partial charge in [-0.1, -0.05) is 59.9 Å². The van der Waals surface area contributed by atoms with Crippen molar-refractivity contribution in [2.45, 2.75) is 11.3 Å². The summed E-state index contributed by atoms with van der Waals surface area (Å²) >= 11 is 0.851. The molecule has 29 heavy (non-hydrogen) atoms. The third-order valence-electron chi connectivity index (χ3n) is 4.25. The SMILES string of the molecule is O=C(Cc1ccccc1)N(c1ccc2oc(=O)sc2c1)S(=O)(=O)c1ccccc1. The molecule has 0 aliphatic rings. The third-order valence-corrected chi connectivity index (χ3v) is 6.81. The first-order valence-corrected chi connectivity index (χ1v) is 10.9. The first kappa shape index (κ1) is 19.1. The number of anilines is 1. The van der Waals surface area contributed by atoms with E-state index < -0.39 is 20.9 Å². The van der Waals surface area contributed by atoms with Crippen LogP contribution in [0.5, 0.6) is 0 Å². The Hall–Kier alpha value is -3.23. The number of amides is 1. The predicted octanol–water partition coefficient (Wildman–Crippen LogP) is 3.82. The van der Waals surface area contributed by atoms with Gasteiger partial charge in [-0.05, 0) is 35.9 Å². The Morgan fingerprint density at radius 1 is 0.931 bits per heavy atom. The largest absolute Gasteiger partial charge is 0.414 e. The molecule has 8 heteroatoms. The van der Waals surface area contributed by atoms with Crippen molar-refractivity contribution in [2.24, 2.45) is 0 Å². The van der Waals surface area contributed by atoms with Gasteiger partial charge in [0.05, 0.1) is 21.7 Å². The summed E-state index contributed by atoms with van der Waals surface area (Å²) in [4.78, 5) is 24.2. The number of fused-ring (bicyclic) bond motifs is 1. The Bertz CT molecular complexity index is 1330. The molecule has 4 aromatic rings. The smallest absolute Gasteiger partial charge is 0.396 e. The number of nitrogens with zero attached hydrogens (tertiary/aromatic N) is 1. The Kier molecular flexibility index (Phi) is 5.04. The van der Waals surface area contributed by atoms with Crippen LogP contribution in [0.1, 0.15) is 5.56 Å². The van der Waals surface area contributed by atoms with Crippen molar-refractivity contribution >= 4 is 43.2 Å². The van der Waals surface area contributed by atoms with Crippen LogP contribution in [0.15, 0.2) is 93.0 Å². The maximum atomic E-state index is 13.3. The molecule has 4 rings (SSSR count). The Labute approximate surface area is 170 Å². The molecule has 6 nitrogen and oxygen atoms in total. The van der Waals surface area contributed by atoms with E-state index in [1.807, 2.05) is 6.07 Å². The van der Waals surface area contributed by atoms with Crippen molar-refractivity contribution < 1.29 is 17.6 Å². The van der Waals surface area contributed by atoms with Gasteiger partial charge in [-0.15, -0.1) is 0 Å². The molecular weight excluding hydrogens is 410 g/mol. The molecule has 0 fully saturated rings. The van der Waals surface area contributed by atoms with Gasteiger partial charge in [0.15, 0.2) is 0 Å². The van der Waals surface area contributed by atoms with Gasteiger partial charge >= 0.3 is 4.94 Å². The fraction of sp³-hybridized carbons (Fsp3) is 0.0476. The zero-order valence-corrected chi connectivity index (χ0v) is 16.7. The fourth-order valence-corrected chi connectivity index (χ4v) is 5.08. The Balaban J connectivity index is 1.83. The molecule has 1 heterocycles. The number of carbonyl (C=O) groups is 1.